The number of hydrogen-bond donors (Lipinski definition) is 0. The fraction of sp³-hybridized carbons (Fsp3) is 0. The monoisotopic (exact) mass is 753 g/mol. The lowest BCUT2D eigenvalue weighted by molar-refractivity contribution is 0.670. The van der Waals surface area contributed by atoms with Gasteiger partial charge in [-0.2, -0.15) is 0 Å². The molecule has 0 bridgehead atoms. The molecule has 0 saturated heterocycles. The summed E-state index contributed by atoms with van der Waals surface area (Å²) in [5.74, 6) is 1.84. The van der Waals surface area contributed by atoms with E-state index < -0.39 is 0 Å². The summed E-state index contributed by atoms with van der Waals surface area (Å²) < 4.78 is 6.68. The van der Waals surface area contributed by atoms with Crippen LogP contribution in [0.4, 0.5) is 0 Å². The van der Waals surface area contributed by atoms with E-state index in [1.807, 2.05) is 54.6 Å². The van der Waals surface area contributed by atoms with E-state index in [0.29, 0.717) is 17.5 Å². The zero-order valence-corrected chi connectivity index (χ0v) is 32.0. The van der Waals surface area contributed by atoms with Crippen molar-refractivity contribution in [3.05, 3.63) is 212 Å². The van der Waals surface area contributed by atoms with Crippen molar-refractivity contribution in [1.82, 2.24) is 15.0 Å². The van der Waals surface area contributed by atoms with Gasteiger partial charge >= 0.3 is 0 Å². The molecule has 0 saturated carbocycles. The molecule has 4 nitrogen and oxygen atoms in total. The first-order valence-corrected chi connectivity index (χ1v) is 19.8. The molecule has 0 atom stereocenters. The predicted octanol–water partition coefficient (Wildman–Crippen LogP) is 14.6. The third-order valence-electron chi connectivity index (χ3n) is 11.2. The average molecular weight is 754 g/mol. The van der Waals surface area contributed by atoms with E-state index in [0.717, 1.165) is 82.8 Å². The van der Waals surface area contributed by atoms with Crippen molar-refractivity contribution in [2.24, 2.45) is 0 Å². The molecule has 59 heavy (non-hydrogen) atoms. The highest BCUT2D eigenvalue weighted by Crippen LogP contribution is 2.44. The zero-order valence-electron chi connectivity index (χ0n) is 32.0. The number of benzene rings is 9. The summed E-state index contributed by atoms with van der Waals surface area (Å²) >= 11 is 0. The largest absolute Gasteiger partial charge is 0.455 e. The summed E-state index contributed by atoms with van der Waals surface area (Å²) in [6, 6.07) is 74.0. The number of fused-ring (bicyclic) bond motifs is 4. The molecule has 2 heterocycles. The second-order valence-corrected chi connectivity index (χ2v) is 14.8. The second kappa shape index (κ2) is 14.5. The lowest BCUT2D eigenvalue weighted by Gasteiger charge is -2.14. The molecular formula is C55H35N3O. The van der Waals surface area contributed by atoms with Crippen molar-refractivity contribution in [1.29, 1.82) is 0 Å². The summed E-state index contributed by atoms with van der Waals surface area (Å²) in [6.07, 6.45) is 0. The fourth-order valence-corrected chi connectivity index (χ4v) is 8.21. The summed E-state index contributed by atoms with van der Waals surface area (Å²) in [7, 11) is 0. The minimum Gasteiger partial charge on any atom is -0.455 e. The Balaban J connectivity index is 1.06. The third kappa shape index (κ3) is 6.34. The highest BCUT2D eigenvalue weighted by atomic mass is 16.3. The van der Waals surface area contributed by atoms with Gasteiger partial charge in [-0.3, -0.25) is 0 Å². The van der Waals surface area contributed by atoms with Crippen LogP contribution in [0.2, 0.25) is 0 Å². The minimum atomic E-state index is 0.607. The Kier molecular flexibility index (Phi) is 8.45. The van der Waals surface area contributed by atoms with E-state index in [2.05, 4.69) is 158 Å². The molecule has 4 heteroatoms. The van der Waals surface area contributed by atoms with Gasteiger partial charge in [0.1, 0.15) is 11.2 Å². The van der Waals surface area contributed by atoms with E-state index >= 15 is 0 Å². The number of para-hydroxylation sites is 1. The lowest BCUT2D eigenvalue weighted by Crippen LogP contribution is -2.00. The number of nitrogens with zero attached hydrogens (tertiary/aromatic N) is 3. The second-order valence-electron chi connectivity index (χ2n) is 14.8. The summed E-state index contributed by atoms with van der Waals surface area (Å²) in [4.78, 5) is 15.4. The quantitative estimate of drug-likeness (QED) is 0.163. The molecule has 2 aromatic heterocycles. The van der Waals surface area contributed by atoms with Crippen LogP contribution in [-0.2, 0) is 0 Å². The van der Waals surface area contributed by atoms with Gasteiger partial charge in [0.05, 0.1) is 0 Å². The number of hydrogen-bond acceptors (Lipinski definition) is 4. The van der Waals surface area contributed by atoms with Crippen LogP contribution < -0.4 is 0 Å². The van der Waals surface area contributed by atoms with E-state index in [4.69, 9.17) is 19.4 Å². The Morgan fingerprint density at radius 3 is 1.36 bits per heavy atom. The maximum Gasteiger partial charge on any atom is 0.164 e. The van der Waals surface area contributed by atoms with E-state index in [-0.39, 0.29) is 0 Å². The van der Waals surface area contributed by atoms with E-state index in [1.165, 1.54) is 11.1 Å². The molecular weight excluding hydrogens is 719 g/mol. The van der Waals surface area contributed by atoms with Crippen LogP contribution in [0.25, 0.3) is 111 Å². The summed E-state index contributed by atoms with van der Waals surface area (Å²) in [5.41, 5.74) is 13.5. The van der Waals surface area contributed by atoms with Gasteiger partial charge < -0.3 is 4.42 Å². The SMILES string of the molecule is c1ccc(-c2ccc(-c3ccc(-c4nc(-c5ccccc5)nc(-c5cc(-c6ccc(-c7ccccc7)c7oc8ccccc8c67)c6ccccc6c5)n4)cc3)cc2)cc1. The molecule has 0 radical (unpaired) electrons. The van der Waals surface area contributed by atoms with Crippen molar-refractivity contribution in [2.45, 2.75) is 0 Å². The predicted molar refractivity (Wildman–Crippen MR) is 243 cm³/mol. The minimum absolute atomic E-state index is 0.607. The van der Waals surface area contributed by atoms with Gasteiger partial charge in [0.25, 0.3) is 0 Å². The van der Waals surface area contributed by atoms with Gasteiger partial charge in [-0.15, -0.1) is 0 Å². The van der Waals surface area contributed by atoms with Crippen molar-refractivity contribution in [3.63, 3.8) is 0 Å². The molecule has 0 spiro atoms. The van der Waals surface area contributed by atoms with Crippen molar-refractivity contribution < 1.29 is 4.42 Å². The standard InChI is InChI=1S/C55H35N3O/c1-4-14-36(15-5-1)37-24-26-38(27-25-37)39-28-30-42(31-29-39)54-56-53(41-18-8-3-9-19-41)57-55(58-54)44-34-43-20-10-11-21-45(43)49(35-44)47-33-32-46(40-16-6-2-7-17-40)52-51(47)48-22-12-13-23-50(48)59-52/h1-35H. The highest BCUT2D eigenvalue weighted by Gasteiger charge is 2.20. The first-order chi connectivity index (χ1) is 29.2. The topological polar surface area (TPSA) is 51.8 Å². The van der Waals surface area contributed by atoms with Crippen LogP contribution in [0, 0.1) is 0 Å². The van der Waals surface area contributed by atoms with Gasteiger partial charge in [-0.25, -0.2) is 15.0 Å². The Morgan fingerprint density at radius 1 is 0.288 bits per heavy atom. The summed E-state index contributed by atoms with van der Waals surface area (Å²) in [5, 5.41) is 4.40. The Labute approximate surface area is 341 Å². The first kappa shape index (κ1) is 34.3. The maximum absolute atomic E-state index is 6.68. The van der Waals surface area contributed by atoms with Gasteiger partial charge in [0, 0.05) is 33.0 Å². The smallest absolute Gasteiger partial charge is 0.164 e. The van der Waals surface area contributed by atoms with Crippen molar-refractivity contribution in [2.75, 3.05) is 0 Å². The average Bonchev–Trinajstić information content (AvgIpc) is 3.72. The maximum atomic E-state index is 6.68. The van der Waals surface area contributed by atoms with Crippen LogP contribution in [0.1, 0.15) is 0 Å². The van der Waals surface area contributed by atoms with Crippen molar-refractivity contribution >= 4 is 32.7 Å². The number of aromatic nitrogens is 3. The molecule has 276 valence electrons. The van der Waals surface area contributed by atoms with Crippen LogP contribution >= 0.6 is 0 Å². The number of furan rings is 1. The van der Waals surface area contributed by atoms with E-state index in [1.54, 1.807) is 0 Å². The van der Waals surface area contributed by atoms with Gasteiger partial charge in [-0.05, 0) is 74.0 Å². The molecule has 11 aromatic rings. The zero-order chi connectivity index (χ0) is 39.1. The fourth-order valence-electron chi connectivity index (χ4n) is 8.21. The van der Waals surface area contributed by atoms with Crippen LogP contribution in [-0.4, -0.2) is 15.0 Å². The third-order valence-corrected chi connectivity index (χ3v) is 11.2. The molecule has 9 aromatic carbocycles. The van der Waals surface area contributed by atoms with Crippen LogP contribution in [0.5, 0.6) is 0 Å². The lowest BCUT2D eigenvalue weighted by atomic mass is 9.90. The number of rotatable bonds is 7. The van der Waals surface area contributed by atoms with Gasteiger partial charge in [0.15, 0.2) is 17.5 Å². The molecule has 0 unspecified atom stereocenters. The van der Waals surface area contributed by atoms with Gasteiger partial charge in [0.2, 0.25) is 0 Å². The summed E-state index contributed by atoms with van der Waals surface area (Å²) in [6.45, 7) is 0. The Morgan fingerprint density at radius 2 is 0.729 bits per heavy atom. The Bertz CT molecular complexity index is 3280. The Hall–Kier alpha value is -7.95. The van der Waals surface area contributed by atoms with Gasteiger partial charge in [-0.1, -0.05) is 188 Å². The normalized spacial score (nSPS) is 11.4. The van der Waals surface area contributed by atoms with Crippen molar-refractivity contribution in [3.8, 4) is 78.7 Å². The molecule has 0 N–H and O–H groups in total. The highest BCUT2D eigenvalue weighted by molar-refractivity contribution is 6.18. The molecule has 0 fully saturated rings. The molecule has 0 aliphatic carbocycles. The van der Waals surface area contributed by atoms with Crippen LogP contribution in [0.3, 0.4) is 0 Å². The molecule has 11 rings (SSSR count). The molecule has 0 aliphatic heterocycles. The molecule has 0 aliphatic rings. The van der Waals surface area contributed by atoms with Crippen LogP contribution in [0.15, 0.2) is 217 Å². The van der Waals surface area contributed by atoms with E-state index in [9.17, 15) is 0 Å². The first-order valence-electron chi connectivity index (χ1n) is 19.8. The molecule has 0 amide bonds.